The van der Waals surface area contributed by atoms with Crippen molar-refractivity contribution in [2.45, 2.75) is 19.4 Å². The van der Waals surface area contributed by atoms with Crippen LogP contribution in [-0.4, -0.2) is 27.6 Å². The van der Waals surface area contributed by atoms with Gasteiger partial charge in [-0.25, -0.2) is 0 Å². The summed E-state index contributed by atoms with van der Waals surface area (Å²) in [6, 6.07) is 19.5. The number of nitrogens with zero attached hydrogens (tertiary/aromatic N) is 1. The molecule has 1 saturated heterocycles. The second kappa shape index (κ2) is 9.48. The van der Waals surface area contributed by atoms with E-state index in [1.165, 1.54) is 11.8 Å². The number of carbonyl (C=O) groups excluding carboxylic acids is 2. The first kappa shape index (κ1) is 19.3. The highest BCUT2D eigenvalue weighted by Gasteiger charge is 2.31. The van der Waals surface area contributed by atoms with E-state index in [1.54, 1.807) is 4.90 Å². The van der Waals surface area contributed by atoms with Crippen LogP contribution in [0.4, 0.5) is 0 Å². The van der Waals surface area contributed by atoms with Gasteiger partial charge in [0, 0.05) is 19.5 Å². The van der Waals surface area contributed by atoms with E-state index in [0.29, 0.717) is 35.2 Å². The Hall–Kier alpha value is -2.44. The maximum atomic E-state index is 12.6. The van der Waals surface area contributed by atoms with Gasteiger partial charge in [0.15, 0.2) is 0 Å². The zero-order valence-corrected chi connectivity index (χ0v) is 16.4. The first-order valence-electron chi connectivity index (χ1n) is 8.74. The van der Waals surface area contributed by atoms with Crippen molar-refractivity contribution < 1.29 is 9.59 Å². The van der Waals surface area contributed by atoms with Gasteiger partial charge in [-0.1, -0.05) is 84.6 Å². The number of nitrogens with one attached hydrogen (secondary N) is 1. The van der Waals surface area contributed by atoms with E-state index >= 15 is 0 Å². The van der Waals surface area contributed by atoms with E-state index in [2.05, 4.69) is 5.32 Å². The molecule has 0 unspecified atom stereocenters. The van der Waals surface area contributed by atoms with Crippen molar-refractivity contribution in [2.24, 2.45) is 0 Å². The summed E-state index contributed by atoms with van der Waals surface area (Å²) in [4.78, 5) is 26.8. The molecule has 0 saturated carbocycles. The zero-order chi connectivity index (χ0) is 19.1. The number of hydrogen-bond donors (Lipinski definition) is 1. The summed E-state index contributed by atoms with van der Waals surface area (Å²) in [5.41, 5.74) is 2.03. The Bertz CT molecular complexity index is 851. The Kier molecular flexibility index (Phi) is 6.79. The Labute approximate surface area is 168 Å². The van der Waals surface area contributed by atoms with E-state index in [4.69, 9.17) is 12.2 Å². The molecule has 0 bridgehead atoms. The van der Waals surface area contributed by atoms with Gasteiger partial charge in [-0.05, 0) is 23.6 Å². The monoisotopic (exact) mass is 396 g/mol. The largest absolute Gasteiger partial charge is 0.352 e. The molecule has 2 amide bonds. The van der Waals surface area contributed by atoms with Gasteiger partial charge in [0.2, 0.25) is 5.91 Å². The van der Waals surface area contributed by atoms with E-state index < -0.39 is 0 Å². The maximum absolute atomic E-state index is 12.6. The Morgan fingerprint density at radius 1 is 1.07 bits per heavy atom. The molecule has 2 aromatic carbocycles. The summed E-state index contributed by atoms with van der Waals surface area (Å²) >= 11 is 6.64. The second-order valence-electron chi connectivity index (χ2n) is 6.11. The third-order valence-corrected chi connectivity index (χ3v) is 5.47. The highest BCUT2D eigenvalue weighted by molar-refractivity contribution is 8.26. The standard InChI is InChI=1S/C21H20N2O2S2/c24-19(22-15-17-10-5-2-6-11-17)12-7-13-23-20(25)18(27-21(23)26)14-16-8-3-1-4-9-16/h1-6,8-11,14H,7,12-13,15H2,(H,22,24)/b18-14-. The molecule has 138 valence electrons. The lowest BCUT2D eigenvalue weighted by Crippen LogP contribution is -2.30. The quantitative estimate of drug-likeness (QED) is 0.568. The Morgan fingerprint density at radius 3 is 2.44 bits per heavy atom. The van der Waals surface area contributed by atoms with Gasteiger partial charge in [0.05, 0.1) is 4.91 Å². The number of carbonyl (C=O) groups is 2. The van der Waals surface area contributed by atoms with Crippen LogP contribution in [0.5, 0.6) is 0 Å². The summed E-state index contributed by atoms with van der Waals surface area (Å²) in [5.74, 6) is -0.109. The van der Waals surface area contributed by atoms with E-state index in [9.17, 15) is 9.59 Å². The summed E-state index contributed by atoms with van der Waals surface area (Å²) in [7, 11) is 0. The Balaban J connectivity index is 1.46. The molecule has 0 spiro atoms. The van der Waals surface area contributed by atoms with Crippen molar-refractivity contribution in [1.82, 2.24) is 10.2 Å². The van der Waals surface area contributed by atoms with Crippen LogP contribution in [-0.2, 0) is 16.1 Å². The first-order valence-corrected chi connectivity index (χ1v) is 9.97. The van der Waals surface area contributed by atoms with Gasteiger partial charge < -0.3 is 5.32 Å². The second-order valence-corrected chi connectivity index (χ2v) is 7.79. The van der Waals surface area contributed by atoms with Crippen molar-refractivity contribution in [2.75, 3.05) is 6.54 Å². The van der Waals surface area contributed by atoms with E-state index in [1.807, 2.05) is 66.7 Å². The van der Waals surface area contributed by atoms with Gasteiger partial charge in [-0.3, -0.25) is 14.5 Å². The van der Waals surface area contributed by atoms with Gasteiger partial charge in [-0.15, -0.1) is 0 Å². The molecule has 1 heterocycles. The Morgan fingerprint density at radius 2 is 1.74 bits per heavy atom. The van der Waals surface area contributed by atoms with E-state index in [-0.39, 0.29) is 11.8 Å². The minimum Gasteiger partial charge on any atom is -0.352 e. The van der Waals surface area contributed by atoms with Crippen LogP contribution < -0.4 is 5.32 Å². The third kappa shape index (κ3) is 5.52. The predicted octanol–water partition coefficient (Wildman–Crippen LogP) is 3.98. The van der Waals surface area contributed by atoms with Crippen LogP contribution in [0.25, 0.3) is 6.08 Å². The summed E-state index contributed by atoms with van der Waals surface area (Å²) in [6.45, 7) is 0.968. The molecule has 0 aromatic heterocycles. The molecule has 0 aliphatic carbocycles. The average molecular weight is 397 g/mol. The fourth-order valence-electron chi connectivity index (χ4n) is 2.68. The van der Waals surface area contributed by atoms with Gasteiger partial charge in [-0.2, -0.15) is 0 Å². The SMILES string of the molecule is O=C(CCCN1C(=O)/C(=C/c2ccccc2)SC1=S)NCc1ccccc1. The number of amides is 2. The summed E-state index contributed by atoms with van der Waals surface area (Å²) < 4.78 is 0.548. The number of hydrogen-bond acceptors (Lipinski definition) is 4. The van der Waals surface area contributed by atoms with Crippen molar-refractivity contribution >= 4 is 46.2 Å². The fraction of sp³-hybridized carbons (Fsp3) is 0.190. The lowest BCUT2D eigenvalue weighted by Gasteiger charge is -2.14. The molecule has 1 fully saturated rings. The highest BCUT2D eigenvalue weighted by Crippen LogP contribution is 2.32. The number of thiocarbonyl (C=S) groups is 1. The number of rotatable bonds is 7. The molecule has 0 radical (unpaired) electrons. The lowest BCUT2D eigenvalue weighted by molar-refractivity contribution is -0.124. The summed E-state index contributed by atoms with van der Waals surface area (Å²) in [5, 5.41) is 2.90. The minimum atomic E-state index is -0.0847. The van der Waals surface area contributed by atoms with Crippen molar-refractivity contribution in [1.29, 1.82) is 0 Å². The highest BCUT2D eigenvalue weighted by atomic mass is 32.2. The van der Waals surface area contributed by atoms with Crippen molar-refractivity contribution in [3.05, 3.63) is 76.7 Å². The van der Waals surface area contributed by atoms with Gasteiger partial charge in [0.1, 0.15) is 4.32 Å². The van der Waals surface area contributed by atoms with Gasteiger partial charge in [0.25, 0.3) is 5.91 Å². The zero-order valence-electron chi connectivity index (χ0n) is 14.8. The molecular formula is C21H20N2O2S2. The smallest absolute Gasteiger partial charge is 0.266 e. The molecule has 27 heavy (non-hydrogen) atoms. The van der Waals surface area contributed by atoms with Crippen LogP contribution in [0, 0.1) is 0 Å². The molecule has 1 aliphatic rings. The molecule has 1 N–H and O–H groups in total. The molecular weight excluding hydrogens is 376 g/mol. The third-order valence-electron chi connectivity index (χ3n) is 4.09. The van der Waals surface area contributed by atoms with Crippen LogP contribution in [0.3, 0.4) is 0 Å². The van der Waals surface area contributed by atoms with E-state index in [0.717, 1.165) is 11.1 Å². The topological polar surface area (TPSA) is 49.4 Å². The lowest BCUT2D eigenvalue weighted by atomic mass is 10.2. The van der Waals surface area contributed by atoms with Crippen molar-refractivity contribution in [3.8, 4) is 0 Å². The molecule has 0 atom stereocenters. The number of thioether (sulfide) groups is 1. The normalized spacial score (nSPS) is 15.4. The van der Waals surface area contributed by atoms with Crippen LogP contribution in [0.15, 0.2) is 65.6 Å². The minimum absolute atomic E-state index is 0.0240. The predicted molar refractivity (Wildman–Crippen MR) is 114 cm³/mol. The molecule has 3 rings (SSSR count). The number of benzene rings is 2. The molecule has 4 nitrogen and oxygen atoms in total. The fourth-order valence-corrected chi connectivity index (χ4v) is 3.98. The average Bonchev–Trinajstić information content (AvgIpc) is 2.95. The van der Waals surface area contributed by atoms with Crippen LogP contribution in [0.2, 0.25) is 0 Å². The molecule has 2 aromatic rings. The van der Waals surface area contributed by atoms with Crippen LogP contribution in [0.1, 0.15) is 24.0 Å². The van der Waals surface area contributed by atoms with Crippen molar-refractivity contribution in [3.63, 3.8) is 0 Å². The van der Waals surface area contributed by atoms with Crippen LogP contribution >= 0.6 is 24.0 Å². The maximum Gasteiger partial charge on any atom is 0.266 e. The summed E-state index contributed by atoms with van der Waals surface area (Å²) in [6.07, 6.45) is 2.79. The molecule has 6 heteroatoms. The first-order chi connectivity index (χ1) is 13.1. The van der Waals surface area contributed by atoms with Gasteiger partial charge >= 0.3 is 0 Å². The molecule has 1 aliphatic heterocycles.